The van der Waals surface area contributed by atoms with Crippen LogP contribution in [0.15, 0.2) is 41.8 Å². The first-order valence-electron chi connectivity index (χ1n) is 9.03. The summed E-state index contributed by atoms with van der Waals surface area (Å²) in [5.41, 5.74) is 0.947. The second kappa shape index (κ2) is 9.02. The molecule has 1 atom stereocenters. The van der Waals surface area contributed by atoms with Crippen molar-refractivity contribution < 1.29 is 9.53 Å². The fourth-order valence-electron chi connectivity index (χ4n) is 3.15. The lowest BCUT2D eigenvalue weighted by atomic mass is 10.2. The molecule has 1 aliphatic rings. The van der Waals surface area contributed by atoms with Crippen LogP contribution in [-0.4, -0.2) is 26.0 Å². The summed E-state index contributed by atoms with van der Waals surface area (Å²) in [5, 5.41) is 5.27. The number of rotatable bonds is 7. The fourth-order valence-corrected chi connectivity index (χ4v) is 3.94. The molecule has 1 fully saturated rings. The van der Waals surface area contributed by atoms with Gasteiger partial charge in [0.25, 0.3) is 0 Å². The van der Waals surface area contributed by atoms with Crippen molar-refractivity contribution in [2.45, 2.75) is 38.2 Å². The van der Waals surface area contributed by atoms with E-state index in [0.717, 1.165) is 50.2 Å². The molecular weight excluding hydrogens is 332 g/mol. The van der Waals surface area contributed by atoms with Gasteiger partial charge >= 0.3 is 0 Å². The van der Waals surface area contributed by atoms with Gasteiger partial charge in [-0.2, -0.15) is 0 Å². The average molecular weight is 359 g/mol. The first kappa shape index (κ1) is 18.0. The van der Waals surface area contributed by atoms with E-state index < -0.39 is 0 Å². The van der Waals surface area contributed by atoms with Gasteiger partial charge in [-0.1, -0.05) is 18.6 Å². The maximum absolute atomic E-state index is 12.4. The first-order valence-corrected chi connectivity index (χ1v) is 9.91. The summed E-state index contributed by atoms with van der Waals surface area (Å²) < 4.78 is 6.29. The molecule has 5 heteroatoms. The highest BCUT2D eigenvalue weighted by Gasteiger charge is 2.19. The van der Waals surface area contributed by atoms with E-state index in [9.17, 15) is 4.79 Å². The van der Waals surface area contributed by atoms with Crippen molar-refractivity contribution in [2.75, 3.05) is 25.0 Å². The minimum Gasteiger partial charge on any atom is -0.485 e. The Morgan fingerprint density at radius 1 is 1.24 bits per heavy atom. The second-order valence-electron chi connectivity index (χ2n) is 6.37. The molecule has 1 unspecified atom stereocenters. The number of hydrogen-bond acceptors (Lipinski definition) is 4. The van der Waals surface area contributed by atoms with Gasteiger partial charge in [0.1, 0.15) is 11.9 Å². The number of hydrogen-bond donors (Lipinski definition) is 1. The van der Waals surface area contributed by atoms with Gasteiger partial charge in [0.15, 0.2) is 0 Å². The van der Waals surface area contributed by atoms with Crippen molar-refractivity contribution in [3.05, 3.63) is 46.7 Å². The molecule has 0 spiro atoms. The lowest BCUT2D eigenvalue weighted by Crippen LogP contribution is -2.29. The molecule has 2 heterocycles. The lowest BCUT2D eigenvalue weighted by Gasteiger charge is -2.23. The van der Waals surface area contributed by atoms with Crippen LogP contribution in [0.5, 0.6) is 5.75 Å². The number of anilines is 1. The number of benzene rings is 1. The maximum atomic E-state index is 12.4. The molecule has 134 valence electrons. The summed E-state index contributed by atoms with van der Waals surface area (Å²) >= 11 is 1.72. The molecule has 1 aromatic heterocycles. The van der Waals surface area contributed by atoms with Crippen LogP contribution in [0.1, 0.15) is 43.1 Å². The van der Waals surface area contributed by atoms with Crippen LogP contribution in [0, 0.1) is 0 Å². The molecule has 0 bridgehead atoms. The Bertz CT molecular complexity index is 672. The number of nitrogens with zero attached hydrogens (tertiary/aromatic N) is 1. The first-order chi connectivity index (χ1) is 12.3. The molecule has 3 rings (SSSR count). The van der Waals surface area contributed by atoms with Crippen molar-refractivity contribution >= 4 is 22.9 Å². The largest absolute Gasteiger partial charge is 0.485 e. The van der Waals surface area contributed by atoms with Crippen LogP contribution in [0.3, 0.4) is 0 Å². The van der Waals surface area contributed by atoms with E-state index >= 15 is 0 Å². The molecule has 4 nitrogen and oxygen atoms in total. The lowest BCUT2D eigenvalue weighted by molar-refractivity contribution is -0.118. The molecular formula is C20H26N2O2S. The Morgan fingerprint density at radius 2 is 2.16 bits per heavy atom. The van der Waals surface area contributed by atoms with Crippen LogP contribution in [0.4, 0.5) is 5.69 Å². The fraction of sp³-hybridized carbons (Fsp3) is 0.450. The van der Waals surface area contributed by atoms with E-state index in [1.165, 1.54) is 4.88 Å². The summed E-state index contributed by atoms with van der Waals surface area (Å²) in [4.78, 5) is 15.5. The monoisotopic (exact) mass is 358 g/mol. The van der Waals surface area contributed by atoms with E-state index in [4.69, 9.17) is 4.74 Å². The number of ether oxygens (including phenoxy) is 1. The quantitative estimate of drug-likeness (QED) is 0.798. The van der Waals surface area contributed by atoms with Crippen LogP contribution < -0.4 is 15.0 Å². The van der Waals surface area contributed by atoms with Crippen LogP contribution in [0.25, 0.3) is 0 Å². The van der Waals surface area contributed by atoms with Gasteiger partial charge in [0, 0.05) is 36.0 Å². The van der Waals surface area contributed by atoms with Crippen LogP contribution in [0.2, 0.25) is 0 Å². The third-order valence-electron chi connectivity index (χ3n) is 4.50. The molecule has 0 radical (unpaired) electrons. The highest BCUT2D eigenvalue weighted by atomic mass is 32.1. The molecule has 1 N–H and O–H groups in total. The molecule has 2 aromatic rings. The van der Waals surface area contributed by atoms with Gasteiger partial charge in [-0.3, -0.25) is 4.79 Å². The Hall–Kier alpha value is -1.85. The summed E-state index contributed by atoms with van der Waals surface area (Å²) in [7, 11) is 1.96. The van der Waals surface area contributed by atoms with Crippen molar-refractivity contribution in [1.29, 1.82) is 0 Å². The molecule has 25 heavy (non-hydrogen) atoms. The van der Waals surface area contributed by atoms with E-state index in [1.807, 2.05) is 36.2 Å². The van der Waals surface area contributed by atoms with Crippen LogP contribution in [-0.2, 0) is 4.79 Å². The van der Waals surface area contributed by atoms with Crippen molar-refractivity contribution in [2.24, 2.45) is 0 Å². The molecule has 1 saturated heterocycles. The summed E-state index contributed by atoms with van der Waals surface area (Å²) in [5.74, 6) is 1.05. The van der Waals surface area contributed by atoms with Gasteiger partial charge < -0.3 is 15.0 Å². The molecule has 1 amide bonds. The zero-order valence-electron chi connectivity index (χ0n) is 14.7. The molecule has 1 aliphatic heterocycles. The molecule has 0 aliphatic carbocycles. The summed E-state index contributed by atoms with van der Waals surface area (Å²) in [6, 6.07) is 12.1. The smallest absolute Gasteiger partial charge is 0.226 e. The SMILES string of the molecule is CNCCC(Oc1cccc(N2CCCCCC2=O)c1)c1cccs1. The maximum Gasteiger partial charge on any atom is 0.226 e. The second-order valence-corrected chi connectivity index (χ2v) is 7.35. The van der Waals surface area contributed by atoms with E-state index in [1.54, 1.807) is 11.3 Å². The van der Waals surface area contributed by atoms with Crippen molar-refractivity contribution in [3.8, 4) is 5.75 Å². The normalized spacial score (nSPS) is 16.5. The predicted octanol–water partition coefficient (Wildman–Crippen LogP) is 4.38. The Balaban J connectivity index is 1.76. The number of carbonyl (C=O) groups excluding carboxylic acids is 1. The Labute approximate surface area is 153 Å². The standard InChI is InChI=1S/C20H26N2O2S/c1-21-12-11-18(19-9-6-14-25-19)24-17-8-5-7-16(15-17)22-13-4-2-3-10-20(22)23/h5-9,14-15,18,21H,2-4,10-13H2,1H3. The number of carbonyl (C=O) groups is 1. The average Bonchev–Trinajstić information content (AvgIpc) is 3.08. The third-order valence-corrected chi connectivity index (χ3v) is 5.46. The van der Waals surface area contributed by atoms with Crippen molar-refractivity contribution in [3.63, 3.8) is 0 Å². The molecule has 1 aromatic carbocycles. The highest BCUT2D eigenvalue weighted by Crippen LogP contribution is 2.31. The highest BCUT2D eigenvalue weighted by molar-refractivity contribution is 7.10. The van der Waals surface area contributed by atoms with Gasteiger partial charge in [0.05, 0.1) is 0 Å². The number of thiophene rings is 1. The summed E-state index contributed by atoms with van der Waals surface area (Å²) in [6.07, 6.45) is 4.77. The minimum atomic E-state index is 0.0301. The Morgan fingerprint density at radius 3 is 2.96 bits per heavy atom. The Kier molecular flexibility index (Phi) is 6.48. The minimum absolute atomic E-state index is 0.0301. The predicted molar refractivity (Wildman–Crippen MR) is 103 cm³/mol. The van der Waals surface area contributed by atoms with Crippen LogP contribution >= 0.6 is 11.3 Å². The van der Waals surface area contributed by atoms with E-state index in [0.29, 0.717) is 6.42 Å². The van der Waals surface area contributed by atoms with Gasteiger partial charge in [-0.05, 0) is 50.0 Å². The zero-order valence-corrected chi connectivity index (χ0v) is 15.6. The van der Waals surface area contributed by atoms with E-state index in [-0.39, 0.29) is 12.0 Å². The third kappa shape index (κ3) is 4.83. The summed E-state index contributed by atoms with van der Waals surface area (Å²) in [6.45, 7) is 1.70. The number of nitrogens with one attached hydrogen (secondary N) is 1. The van der Waals surface area contributed by atoms with E-state index in [2.05, 4.69) is 22.8 Å². The van der Waals surface area contributed by atoms with Gasteiger partial charge in [-0.15, -0.1) is 11.3 Å². The van der Waals surface area contributed by atoms with Gasteiger partial charge in [0.2, 0.25) is 5.91 Å². The molecule has 0 saturated carbocycles. The van der Waals surface area contributed by atoms with Crippen molar-refractivity contribution in [1.82, 2.24) is 5.32 Å². The zero-order chi connectivity index (χ0) is 17.5. The topological polar surface area (TPSA) is 41.6 Å². The van der Waals surface area contributed by atoms with Gasteiger partial charge in [-0.25, -0.2) is 0 Å². The number of amides is 1.